The van der Waals surface area contributed by atoms with E-state index in [4.69, 9.17) is 23.8 Å². The number of H-pyrrole nitrogens is 1. The van der Waals surface area contributed by atoms with Crippen molar-refractivity contribution < 1.29 is 4.79 Å². The first-order chi connectivity index (χ1) is 12.4. The molecular formula is C18H19ClN4OS2. The molecule has 1 aromatic carbocycles. The summed E-state index contributed by atoms with van der Waals surface area (Å²) in [6.45, 7) is 4.44. The van der Waals surface area contributed by atoms with Crippen LogP contribution in [0.25, 0.3) is 11.4 Å². The van der Waals surface area contributed by atoms with Gasteiger partial charge >= 0.3 is 0 Å². The second-order valence-electron chi connectivity index (χ2n) is 6.05. The normalized spacial score (nSPS) is 12.1. The van der Waals surface area contributed by atoms with E-state index < -0.39 is 0 Å². The Bertz CT molecular complexity index is 958. The van der Waals surface area contributed by atoms with Gasteiger partial charge in [-0.25, -0.2) is 0 Å². The molecule has 3 aromatic rings. The summed E-state index contributed by atoms with van der Waals surface area (Å²) in [5.41, 5.74) is 2.14. The summed E-state index contributed by atoms with van der Waals surface area (Å²) in [5, 5.41) is 10.1. The molecule has 0 radical (unpaired) electrons. The molecule has 0 saturated heterocycles. The summed E-state index contributed by atoms with van der Waals surface area (Å²) in [5.74, 6) is 0.695. The number of carbonyl (C=O) groups is 1. The number of nitrogens with one attached hydrogen (secondary N) is 2. The molecule has 1 amide bonds. The van der Waals surface area contributed by atoms with E-state index in [-0.39, 0.29) is 11.9 Å². The average molecular weight is 407 g/mol. The van der Waals surface area contributed by atoms with Gasteiger partial charge < -0.3 is 5.32 Å². The lowest BCUT2D eigenvalue weighted by molar-refractivity contribution is -0.121. The number of hydrogen-bond acceptors (Lipinski definition) is 4. The van der Waals surface area contributed by atoms with Crippen LogP contribution in [0.3, 0.4) is 0 Å². The molecule has 2 heterocycles. The van der Waals surface area contributed by atoms with Gasteiger partial charge in [0.1, 0.15) is 0 Å². The Morgan fingerprint density at radius 1 is 1.35 bits per heavy atom. The highest BCUT2D eigenvalue weighted by Crippen LogP contribution is 2.26. The molecular weight excluding hydrogens is 388 g/mol. The Kier molecular flexibility index (Phi) is 5.90. The van der Waals surface area contributed by atoms with Crippen molar-refractivity contribution in [2.24, 2.45) is 0 Å². The molecule has 26 heavy (non-hydrogen) atoms. The van der Waals surface area contributed by atoms with Gasteiger partial charge in [-0.3, -0.25) is 14.5 Å². The predicted molar refractivity (Wildman–Crippen MR) is 108 cm³/mol. The summed E-state index contributed by atoms with van der Waals surface area (Å²) in [6, 6.07) is 11.7. The van der Waals surface area contributed by atoms with E-state index in [1.807, 2.05) is 54.8 Å². The molecule has 0 aliphatic heterocycles. The fourth-order valence-corrected chi connectivity index (χ4v) is 3.89. The second kappa shape index (κ2) is 8.16. The Morgan fingerprint density at radius 2 is 2.08 bits per heavy atom. The van der Waals surface area contributed by atoms with Crippen molar-refractivity contribution in [2.75, 3.05) is 0 Å². The standard InChI is InChI=1S/C18H19ClN4OS2/c1-11-3-5-13(6-4-11)17-21-22-18(25)23(17)10-9-16(24)20-12(2)14-7-8-15(19)26-14/h3-8,12H,9-10H2,1-2H3,(H,20,24)(H,22,25)/t12-/m1/s1. The molecule has 0 aliphatic rings. The van der Waals surface area contributed by atoms with Crippen LogP contribution >= 0.6 is 35.2 Å². The van der Waals surface area contributed by atoms with Crippen molar-refractivity contribution in [1.82, 2.24) is 20.1 Å². The van der Waals surface area contributed by atoms with Crippen LogP contribution in [0.5, 0.6) is 0 Å². The number of thiophene rings is 1. The number of rotatable bonds is 6. The Hall–Kier alpha value is -1.96. The fraction of sp³-hybridized carbons (Fsp3) is 0.278. The van der Waals surface area contributed by atoms with Gasteiger partial charge in [0.25, 0.3) is 0 Å². The minimum atomic E-state index is -0.0751. The Labute approximate surface area is 166 Å². The minimum Gasteiger partial charge on any atom is -0.349 e. The van der Waals surface area contributed by atoms with Crippen molar-refractivity contribution in [3.05, 3.63) is 55.9 Å². The van der Waals surface area contributed by atoms with E-state index in [2.05, 4.69) is 15.5 Å². The largest absolute Gasteiger partial charge is 0.349 e. The summed E-state index contributed by atoms with van der Waals surface area (Å²) in [7, 11) is 0. The van der Waals surface area contributed by atoms with Crippen molar-refractivity contribution in [3.63, 3.8) is 0 Å². The fourth-order valence-electron chi connectivity index (χ4n) is 2.61. The lowest BCUT2D eigenvalue weighted by Crippen LogP contribution is -2.27. The summed E-state index contributed by atoms with van der Waals surface area (Å²) in [4.78, 5) is 13.3. The maximum Gasteiger partial charge on any atom is 0.222 e. The number of nitrogens with zero attached hydrogens (tertiary/aromatic N) is 2. The molecule has 0 bridgehead atoms. The topological polar surface area (TPSA) is 62.7 Å². The van der Waals surface area contributed by atoms with Gasteiger partial charge in [0.15, 0.2) is 10.6 Å². The second-order valence-corrected chi connectivity index (χ2v) is 8.18. The van der Waals surface area contributed by atoms with Crippen LogP contribution < -0.4 is 5.32 Å². The zero-order chi connectivity index (χ0) is 18.7. The van der Waals surface area contributed by atoms with Crippen molar-refractivity contribution >= 4 is 41.1 Å². The van der Waals surface area contributed by atoms with Crippen molar-refractivity contribution in [2.45, 2.75) is 32.9 Å². The van der Waals surface area contributed by atoms with Crippen LogP contribution in [-0.4, -0.2) is 20.7 Å². The number of halogens is 1. The van der Waals surface area contributed by atoms with Crippen LogP contribution in [0.4, 0.5) is 0 Å². The first-order valence-corrected chi connectivity index (χ1v) is 9.81. The van der Waals surface area contributed by atoms with Crippen LogP contribution in [0.15, 0.2) is 36.4 Å². The van der Waals surface area contributed by atoms with Gasteiger partial charge in [-0.05, 0) is 38.2 Å². The van der Waals surface area contributed by atoms with Gasteiger partial charge in [-0.15, -0.1) is 11.3 Å². The predicted octanol–water partition coefficient (Wildman–Crippen LogP) is 4.90. The summed E-state index contributed by atoms with van der Waals surface area (Å²) < 4.78 is 3.08. The smallest absolute Gasteiger partial charge is 0.222 e. The number of carbonyl (C=O) groups excluding carboxylic acids is 1. The highest BCUT2D eigenvalue weighted by molar-refractivity contribution is 7.71. The zero-order valence-electron chi connectivity index (χ0n) is 14.5. The van der Waals surface area contributed by atoms with E-state index in [1.165, 1.54) is 16.9 Å². The van der Waals surface area contributed by atoms with E-state index in [0.29, 0.717) is 22.1 Å². The van der Waals surface area contributed by atoms with Gasteiger partial charge in [-0.1, -0.05) is 41.4 Å². The molecule has 2 aromatic heterocycles. The quantitative estimate of drug-likeness (QED) is 0.572. The SMILES string of the molecule is Cc1ccc(-c2n[nH]c(=S)n2CCC(=O)N[C@H](C)c2ccc(Cl)s2)cc1. The average Bonchev–Trinajstić information content (AvgIpc) is 3.20. The monoisotopic (exact) mass is 406 g/mol. The van der Waals surface area contributed by atoms with Gasteiger partial charge in [0.05, 0.1) is 10.4 Å². The molecule has 2 N–H and O–H groups in total. The molecule has 5 nitrogen and oxygen atoms in total. The number of aromatic nitrogens is 3. The van der Waals surface area contributed by atoms with Crippen molar-refractivity contribution in [1.29, 1.82) is 0 Å². The number of amides is 1. The molecule has 0 spiro atoms. The van der Waals surface area contributed by atoms with E-state index in [9.17, 15) is 4.79 Å². The number of benzene rings is 1. The van der Waals surface area contributed by atoms with Crippen LogP contribution in [-0.2, 0) is 11.3 Å². The third kappa shape index (κ3) is 4.41. The molecule has 1 atom stereocenters. The lowest BCUT2D eigenvalue weighted by Gasteiger charge is -2.13. The highest BCUT2D eigenvalue weighted by atomic mass is 35.5. The van der Waals surface area contributed by atoms with Crippen LogP contribution in [0.2, 0.25) is 4.34 Å². The molecule has 136 valence electrons. The summed E-state index contributed by atoms with van der Waals surface area (Å²) >= 11 is 12.7. The molecule has 3 rings (SSSR count). The third-order valence-electron chi connectivity index (χ3n) is 4.03. The molecule has 0 fully saturated rings. The van der Waals surface area contributed by atoms with Gasteiger partial charge in [0, 0.05) is 23.4 Å². The van der Waals surface area contributed by atoms with E-state index >= 15 is 0 Å². The van der Waals surface area contributed by atoms with Gasteiger partial charge in [-0.2, -0.15) is 5.10 Å². The third-order valence-corrected chi connectivity index (χ3v) is 5.75. The minimum absolute atomic E-state index is 0.0417. The maximum absolute atomic E-state index is 12.3. The van der Waals surface area contributed by atoms with Crippen molar-refractivity contribution in [3.8, 4) is 11.4 Å². The van der Waals surface area contributed by atoms with E-state index in [0.717, 1.165) is 16.3 Å². The molecule has 0 saturated carbocycles. The number of hydrogen-bond donors (Lipinski definition) is 2. The molecule has 8 heteroatoms. The molecule has 0 aliphatic carbocycles. The van der Waals surface area contributed by atoms with E-state index in [1.54, 1.807) is 0 Å². The maximum atomic E-state index is 12.3. The van der Waals surface area contributed by atoms with Crippen LogP contribution in [0, 0.1) is 11.7 Å². The zero-order valence-corrected chi connectivity index (χ0v) is 16.8. The summed E-state index contributed by atoms with van der Waals surface area (Å²) in [6.07, 6.45) is 0.316. The Balaban J connectivity index is 1.66. The number of aromatic amines is 1. The van der Waals surface area contributed by atoms with Crippen LogP contribution in [0.1, 0.15) is 29.8 Å². The highest BCUT2D eigenvalue weighted by Gasteiger charge is 2.14. The van der Waals surface area contributed by atoms with Gasteiger partial charge in [0.2, 0.25) is 5.91 Å². The lowest BCUT2D eigenvalue weighted by atomic mass is 10.1. The Morgan fingerprint density at radius 3 is 2.73 bits per heavy atom. The first kappa shape index (κ1) is 18.8. The molecule has 0 unspecified atom stereocenters. The first-order valence-electron chi connectivity index (χ1n) is 8.21. The number of aryl methyl sites for hydroxylation is 1.